The van der Waals surface area contributed by atoms with Gasteiger partial charge in [-0.2, -0.15) is 0 Å². The van der Waals surface area contributed by atoms with E-state index in [2.05, 4.69) is 0 Å². The lowest BCUT2D eigenvalue weighted by molar-refractivity contribution is -0.196. The minimum atomic E-state index is -1.08. The summed E-state index contributed by atoms with van der Waals surface area (Å²) in [5, 5.41) is 0.608. The molecule has 4 heterocycles. The molecule has 176 valence electrons. The lowest BCUT2D eigenvalue weighted by Gasteiger charge is -2.43. The van der Waals surface area contributed by atoms with E-state index in [-0.39, 0.29) is 12.2 Å². The maximum atomic E-state index is 13.0. The molecule has 0 bridgehead atoms. The number of esters is 2. The van der Waals surface area contributed by atoms with Crippen LogP contribution >= 0.6 is 0 Å². The van der Waals surface area contributed by atoms with Crippen LogP contribution in [0.25, 0.3) is 11.0 Å². The van der Waals surface area contributed by atoms with Gasteiger partial charge in [0.2, 0.25) is 0 Å². The molecular weight excluding hydrogens is 432 g/mol. The molecule has 9 heteroatoms. The average molecular weight is 458 g/mol. The SMILES string of the molecule is C[C@H]1O[C@]1(C)C(=O)O[C@@H]1c2cc3ccc(=O)oc3cc2OC(C)(C)[C@@H]1OC(=O)[C@@]1(C)O[C@@H]1C. The standard InChI is InChI=1S/C24H26O9/c1-11-23(5,31-11)20(26)29-18-14-9-13-7-8-17(25)28-15(13)10-16(14)33-22(3,4)19(18)30-21(27)24(6)12(2)32-24/h7-12,18-19H,1-6H3/t11-,12-,18-,19-,23+,24+/m1/s1. The first kappa shape index (κ1) is 21.9. The van der Waals surface area contributed by atoms with Crippen LogP contribution in [0.5, 0.6) is 5.75 Å². The number of ether oxygens (including phenoxy) is 5. The average Bonchev–Trinajstić information content (AvgIpc) is 3.57. The molecular formula is C24H26O9. The van der Waals surface area contributed by atoms with Crippen LogP contribution in [0.2, 0.25) is 0 Å². The van der Waals surface area contributed by atoms with Gasteiger partial charge in [0, 0.05) is 23.1 Å². The molecule has 1 aromatic carbocycles. The predicted molar refractivity (Wildman–Crippen MR) is 114 cm³/mol. The molecule has 9 nitrogen and oxygen atoms in total. The highest BCUT2D eigenvalue weighted by molar-refractivity contribution is 5.85. The van der Waals surface area contributed by atoms with Crippen molar-refractivity contribution in [2.24, 2.45) is 0 Å². The van der Waals surface area contributed by atoms with Crippen LogP contribution in [0.3, 0.4) is 0 Å². The summed E-state index contributed by atoms with van der Waals surface area (Å²) >= 11 is 0. The van der Waals surface area contributed by atoms with Crippen molar-refractivity contribution in [1.29, 1.82) is 0 Å². The van der Waals surface area contributed by atoms with E-state index in [1.54, 1.807) is 59.7 Å². The van der Waals surface area contributed by atoms with E-state index in [4.69, 9.17) is 28.1 Å². The lowest BCUT2D eigenvalue weighted by atomic mass is 9.87. The van der Waals surface area contributed by atoms with E-state index in [0.717, 1.165) is 0 Å². The quantitative estimate of drug-likeness (QED) is 0.387. The van der Waals surface area contributed by atoms with E-state index in [1.165, 1.54) is 6.07 Å². The molecule has 6 atom stereocenters. The van der Waals surface area contributed by atoms with Crippen molar-refractivity contribution in [3.05, 3.63) is 40.2 Å². The second-order valence-corrected chi connectivity index (χ2v) is 9.77. The van der Waals surface area contributed by atoms with E-state index in [9.17, 15) is 14.4 Å². The Labute approximate surface area is 189 Å². The Morgan fingerprint density at radius 3 is 2.06 bits per heavy atom. The zero-order valence-electron chi connectivity index (χ0n) is 19.3. The summed E-state index contributed by atoms with van der Waals surface area (Å²) in [5.74, 6) is -0.758. The number of carbonyl (C=O) groups is 2. The van der Waals surface area contributed by atoms with E-state index >= 15 is 0 Å². The van der Waals surface area contributed by atoms with Gasteiger partial charge >= 0.3 is 17.6 Å². The zero-order valence-corrected chi connectivity index (χ0v) is 19.3. The highest BCUT2D eigenvalue weighted by atomic mass is 16.7. The number of hydrogen-bond donors (Lipinski definition) is 0. The van der Waals surface area contributed by atoms with Crippen molar-refractivity contribution in [2.75, 3.05) is 0 Å². The molecule has 33 heavy (non-hydrogen) atoms. The molecule has 0 aliphatic carbocycles. The van der Waals surface area contributed by atoms with Crippen LogP contribution in [-0.2, 0) is 28.5 Å². The third-order valence-electron chi connectivity index (χ3n) is 6.95. The molecule has 0 unspecified atom stereocenters. The number of fused-ring (bicyclic) bond motifs is 2. The molecule has 5 rings (SSSR count). The normalized spacial score (nSPS) is 35.8. The predicted octanol–water partition coefficient (Wildman–Crippen LogP) is 2.81. The fourth-order valence-electron chi connectivity index (χ4n) is 4.18. The van der Waals surface area contributed by atoms with E-state index in [1.807, 2.05) is 0 Å². The van der Waals surface area contributed by atoms with Gasteiger partial charge in [0.1, 0.15) is 16.9 Å². The number of hydrogen-bond acceptors (Lipinski definition) is 9. The van der Waals surface area contributed by atoms with Gasteiger partial charge in [-0.05, 0) is 53.7 Å². The topological polar surface area (TPSA) is 117 Å². The Morgan fingerprint density at radius 2 is 1.48 bits per heavy atom. The molecule has 0 amide bonds. The van der Waals surface area contributed by atoms with Crippen molar-refractivity contribution < 1.29 is 37.7 Å². The van der Waals surface area contributed by atoms with Crippen molar-refractivity contribution in [2.45, 2.75) is 82.8 Å². The first-order valence-corrected chi connectivity index (χ1v) is 10.9. The third-order valence-corrected chi connectivity index (χ3v) is 6.95. The number of carbonyl (C=O) groups excluding carboxylic acids is 2. The van der Waals surface area contributed by atoms with Crippen LogP contribution < -0.4 is 10.4 Å². The highest BCUT2D eigenvalue weighted by Crippen LogP contribution is 2.48. The minimum Gasteiger partial charge on any atom is -0.483 e. The van der Waals surface area contributed by atoms with Crippen LogP contribution in [0, 0.1) is 0 Å². The second kappa shape index (κ2) is 6.80. The fourth-order valence-corrected chi connectivity index (χ4v) is 4.18. The lowest BCUT2D eigenvalue weighted by Crippen LogP contribution is -2.53. The summed E-state index contributed by atoms with van der Waals surface area (Å²) in [7, 11) is 0. The summed E-state index contributed by atoms with van der Waals surface area (Å²) in [5.41, 5.74) is -2.88. The van der Waals surface area contributed by atoms with Gasteiger partial charge < -0.3 is 28.1 Å². The minimum absolute atomic E-state index is 0.280. The van der Waals surface area contributed by atoms with Gasteiger partial charge in [-0.15, -0.1) is 0 Å². The molecule has 0 radical (unpaired) electrons. The number of benzene rings is 1. The van der Waals surface area contributed by atoms with Crippen LogP contribution in [0.1, 0.15) is 53.2 Å². The van der Waals surface area contributed by atoms with Gasteiger partial charge in [0.15, 0.2) is 23.4 Å². The van der Waals surface area contributed by atoms with Crippen LogP contribution in [0.4, 0.5) is 0 Å². The molecule has 3 aliphatic rings. The van der Waals surface area contributed by atoms with E-state index in [0.29, 0.717) is 22.3 Å². The maximum Gasteiger partial charge on any atom is 0.341 e. The molecule has 0 N–H and O–H groups in total. The monoisotopic (exact) mass is 458 g/mol. The molecule has 0 saturated carbocycles. The van der Waals surface area contributed by atoms with Crippen LogP contribution in [-0.4, -0.2) is 47.1 Å². The van der Waals surface area contributed by atoms with Crippen molar-refractivity contribution in [1.82, 2.24) is 0 Å². The zero-order chi connectivity index (χ0) is 23.9. The fraction of sp³-hybridized carbons (Fsp3) is 0.542. The van der Waals surface area contributed by atoms with Crippen molar-refractivity contribution in [3.63, 3.8) is 0 Å². The van der Waals surface area contributed by atoms with Crippen molar-refractivity contribution in [3.8, 4) is 5.75 Å². The Kier molecular flexibility index (Phi) is 4.52. The van der Waals surface area contributed by atoms with Gasteiger partial charge in [0.25, 0.3) is 0 Å². The second-order valence-electron chi connectivity index (χ2n) is 9.77. The van der Waals surface area contributed by atoms with Gasteiger partial charge in [-0.25, -0.2) is 14.4 Å². The first-order chi connectivity index (χ1) is 15.3. The first-order valence-electron chi connectivity index (χ1n) is 10.9. The largest absolute Gasteiger partial charge is 0.483 e. The van der Waals surface area contributed by atoms with Crippen LogP contribution in [0.15, 0.2) is 33.5 Å². The number of rotatable bonds is 4. The Morgan fingerprint density at radius 1 is 0.909 bits per heavy atom. The molecule has 2 aromatic rings. The third kappa shape index (κ3) is 3.41. The molecule has 3 aliphatic heterocycles. The van der Waals surface area contributed by atoms with E-state index < -0.39 is 46.6 Å². The summed E-state index contributed by atoms with van der Waals surface area (Å²) in [6.45, 7) is 10.3. The smallest absolute Gasteiger partial charge is 0.341 e. The summed E-state index contributed by atoms with van der Waals surface area (Å²) in [6, 6.07) is 6.20. The van der Waals surface area contributed by atoms with Crippen molar-refractivity contribution >= 4 is 22.9 Å². The summed E-state index contributed by atoms with van der Waals surface area (Å²) < 4.78 is 34.1. The summed E-state index contributed by atoms with van der Waals surface area (Å²) in [4.78, 5) is 37.6. The molecule has 2 saturated heterocycles. The Hall–Kier alpha value is -2.91. The summed E-state index contributed by atoms with van der Waals surface area (Å²) in [6.07, 6.45) is -2.52. The van der Waals surface area contributed by atoms with Gasteiger partial charge in [0.05, 0.1) is 12.2 Å². The number of epoxide rings is 2. The highest BCUT2D eigenvalue weighted by Gasteiger charge is 2.61. The Bertz CT molecular complexity index is 1230. The molecule has 0 spiro atoms. The van der Waals surface area contributed by atoms with Gasteiger partial charge in [-0.3, -0.25) is 0 Å². The molecule has 1 aromatic heterocycles. The Balaban J connectivity index is 1.58. The maximum absolute atomic E-state index is 13.0. The molecule has 2 fully saturated rings. The van der Waals surface area contributed by atoms with Gasteiger partial charge in [-0.1, -0.05) is 0 Å².